The summed E-state index contributed by atoms with van der Waals surface area (Å²) in [6.07, 6.45) is 1.85. The molecule has 0 spiro atoms. The lowest BCUT2D eigenvalue weighted by Crippen LogP contribution is -2.53. The molecule has 4 rings (SSSR count). The van der Waals surface area contributed by atoms with Crippen LogP contribution in [0.4, 0.5) is 5.69 Å². The summed E-state index contributed by atoms with van der Waals surface area (Å²) in [7, 11) is -1.44. The van der Waals surface area contributed by atoms with Gasteiger partial charge in [0.25, 0.3) is 10.0 Å². The zero-order valence-electron chi connectivity index (χ0n) is 27.7. The summed E-state index contributed by atoms with van der Waals surface area (Å²) in [6.45, 7) is 3.70. The molecule has 0 heterocycles. The summed E-state index contributed by atoms with van der Waals surface area (Å²) < 4.78 is 40.8. The highest BCUT2D eigenvalue weighted by atomic mass is 35.5. The molecule has 4 aromatic rings. The third-order valence-electron chi connectivity index (χ3n) is 7.89. The number of carbonyl (C=O) groups is 2. The third-order valence-corrected chi connectivity index (χ3v) is 9.89. The molecule has 9 nitrogen and oxygen atoms in total. The molecular weight excluding hydrogens is 650 g/mol. The molecule has 11 heteroatoms. The predicted octanol–water partition coefficient (Wildman–Crippen LogP) is 6.42. The Morgan fingerprint density at radius 2 is 1.58 bits per heavy atom. The number of aryl methyl sites for hydroxylation is 1. The molecule has 0 aliphatic rings. The summed E-state index contributed by atoms with van der Waals surface area (Å²) in [5.41, 5.74) is 2.51. The van der Waals surface area contributed by atoms with Crippen LogP contribution >= 0.6 is 11.6 Å². The largest absolute Gasteiger partial charge is 0.497 e. The fraction of sp³-hybridized carbons (Fsp3) is 0.297. The van der Waals surface area contributed by atoms with Crippen LogP contribution in [-0.4, -0.2) is 58.5 Å². The van der Waals surface area contributed by atoms with Gasteiger partial charge in [-0.2, -0.15) is 0 Å². The van der Waals surface area contributed by atoms with E-state index in [0.717, 1.165) is 28.3 Å². The highest BCUT2D eigenvalue weighted by Gasteiger charge is 2.35. The van der Waals surface area contributed by atoms with Crippen LogP contribution in [0.2, 0.25) is 5.02 Å². The number of amides is 2. The Kier molecular flexibility index (Phi) is 12.9. The quantitative estimate of drug-likeness (QED) is 0.136. The molecule has 0 unspecified atom stereocenters. The van der Waals surface area contributed by atoms with Crippen LogP contribution in [0.25, 0.3) is 0 Å². The third kappa shape index (κ3) is 9.29. The second-order valence-corrected chi connectivity index (χ2v) is 13.7. The van der Waals surface area contributed by atoms with Crippen LogP contribution < -0.4 is 19.1 Å². The van der Waals surface area contributed by atoms with E-state index in [2.05, 4.69) is 5.32 Å². The van der Waals surface area contributed by atoms with Gasteiger partial charge < -0.3 is 19.7 Å². The number of methoxy groups -OCH3 is 2. The van der Waals surface area contributed by atoms with Crippen molar-refractivity contribution < 1.29 is 27.5 Å². The number of sulfonamides is 1. The first-order valence-corrected chi connectivity index (χ1v) is 17.6. The minimum atomic E-state index is -4.33. The number of benzene rings is 4. The van der Waals surface area contributed by atoms with Crippen LogP contribution in [0.15, 0.2) is 102 Å². The lowest BCUT2D eigenvalue weighted by atomic mass is 10.0. The van der Waals surface area contributed by atoms with E-state index in [1.54, 1.807) is 42.5 Å². The molecule has 0 aliphatic heterocycles. The van der Waals surface area contributed by atoms with E-state index in [0.29, 0.717) is 22.9 Å². The van der Waals surface area contributed by atoms with Gasteiger partial charge in [-0.05, 0) is 60.9 Å². The van der Waals surface area contributed by atoms with E-state index < -0.39 is 28.5 Å². The maximum absolute atomic E-state index is 14.7. The van der Waals surface area contributed by atoms with Gasteiger partial charge in [0.15, 0.2) is 0 Å². The van der Waals surface area contributed by atoms with Crippen molar-refractivity contribution in [2.24, 2.45) is 0 Å². The average molecular weight is 692 g/mol. The molecule has 0 bridgehead atoms. The molecule has 1 atom stereocenters. The molecule has 4 aromatic carbocycles. The number of nitrogens with one attached hydrogen (secondary N) is 1. The Bertz CT molecular complexity index is 1780. The number of halogens is 1. The minimum Gasteiger partial charge on any atom is -0.497 e. The summed E-state index contributed by atoms with van der Waals surface area (Å²) in [6, 6.07) is 26.6. The Hall–Kier alpha value is -4.54. The van der Waals surface area contributed by atoms with Gasteiger partial charge in [0.1, 0.15) is 24.1 Å². The second-order valence-electron chi connectivity index (χ2n) is 11.4. The van der Waals surface area contributed by atoms with E-state index >= 15 is 0 Å². The van der Waals surface area contributed by atoms with E-state index in [1.807, 2.05) is 50.2 Å². The molecule has 254 valence electrons. The van der Waals surface area contributed by atoms with Crippen LogP contribution in [0.3, 0.4) is 0 Å². The zero-order chi connectivity index (χ0) is 34.7. The number of nitrogens with zero attached hydrogens (tertiary/aromatic N) is 2. The highest BCUT2D eigenvalue weighted by Crippen LogP contribution is 2.36. The number of rotatable bonds is 16. The summed E-state index contributed by atoms with van der Waals surface area (Å²) in [4.78, 5) is 30.0. The van der Waals surface area contributed by atoms with Crippen molar-refractivity contribution >= 4 is 39.1 Å². The molecule has 0 radical (unpaired) electrons. The maximum Gasteiger partial charge on any atom is 0.264 e. The lowest BCUT2D eigenvalue weighted by molar-refractivity contribution is -0.140. The zero-order valence-corrected chi connectivity index (χ0v) is 29.3. The number of unbranched alkanes of at least 4 members (excludes halogenated alkanes) is 1. The van der Waals surface area contributed by atoms with Gasteiger partial charge in [0.2, 0.25) is 11.8 Å². The van der Waals surface area contributed by atoms with Gasteiger partial charge in [0, 0.05) is 30.6 Å². The van der Waals surface area contributed by atoms with Crippen LogP contribution in [0, 0.1) is 6.92 Å². The number of hydrogen-bond donors (Lipinski definition) is 1. The average Bonchev–Trinajstić information content (AvgIpc) is 3.09. The van der Waals surface area contributed by atoms with Gasteiger partial charge >= 0.3 is 0 Å². The predicted molar refractivity (Wildman–Crippen MR) is 189 cm³/mol. The number of anilines is 1. The van der Waals surface area contributed by atoms with Gasteiger partial charge in [-0.25, -0.2) is 8.42 Å². The topological polar surface area (TPSA) is 105 Å². The molecule has 0 saturated heterocycles. The van der Waals surface area contributed by atoms with Crippen molar-refractivity contribution in [3.8, 4) is 11.5 Å². The molecule has 1 N–H and O–H groups in total. The number of ether oxygens (including phenoxy) is 2. The Balaban J connectivity index is 1.85. The summed E-state index contributed by atoms with van der Waals surface area (Å²) in [5, 5.41) is 3.46. The Labute approximate surface area is 288 Å². The minimum absolute atomic E-state index is 0.00571. The van der Waals surface area contributed by atoms with Gasteiger partial charge in [-0.3, -0.25) is 13.9 Å². The SMILES string of the molecule is CCCCNC(=O)[C@@H](Cc1ccccc1)N(Cc1cccc(Cl)c1)C(=O)CN(c1cc(OC)ccc1OC)S(=O)(=O)c1ccc(C)cc1. The monoisotopic (exact) mass is 691 g/mol. The van der Waals surface area contributed by atoms with Crippen molar-refractivity contribution in [3.05, 3.63) is 119 Å². The van der Waals surface area contributed by atoms with E-state index in [4.69, 9.17) is 21.1 Å². The normalized spacial score (nSPS) is 11.8. The number of carbonyl (C=O) groups excluding carboxylic acids is 2. The first kappa shape index (κ1) is 36.3. The first-order chi connectivity index (χ1) is 23.1. The molecule has 0 saturated carbocycles. The molecular formula is C37H42ClN3O6S. The maximum atomic E-state index is 14.7. The van der Waals surface area contributed by atoms with Crippen molar-refractivity contribution in [3.63, 3.8) is 0 Å². The van der Waals surface area contributed by atoms with Gasteiger partial charge in [-0.1, -0.05) is 85.1 Å². The fourth-order valence-electron chi connectivity index (χ4n) is 5.23. The van der Waals surface area contributed by atoms with E-state index in [-0.39, 0.29) is 35.2 Å². The summed E-state index contributed by atoms with van der Waals surface area (Å²) in [5.74, 6) is -0.342. The van der Waals surface area contributed by atoms with Gasteiger partial charge in [0.05, 0.1) is 24.8 Å². The van der Waals surface area contributed by atoms with Gasteiger partial charge in [-0.15, -0.1) is 0 Å². The molecule has 0 aromatic heterocycles. The Morgan fingerprint density at radius 1 is 0.875 bits per heavy atom. The highest BCUT2D eigenvalue weighted by molar-refractivity contribution is 7.92. The number of hydrogen-bond acceptors (Lipinski definition) is 6. The van der Waals surface area contributed by atoms with Crippen LogP contribution in [0.1, 0.15) is 36.5 Å². The standard InChI is InChI=1S/C37H42ClN3O6S/c1-5-6-21-39-37(43)34(23-28-11-8-7-9-12-28)40(25-29-13-10-14-30(38)22-29)36(42)26-41(33-24-31(46-3)17-20-35(33)47-4)48(44,45)32-18-15-27(2)16-19-32/h7-20,22,24,34H,5-6,21,23,25-26H2,1-4H3,(H,39,43)/t34-/m1/s1. The van der Waals surface area contributed by atoms with Crippen molar-refractivity contribution in [1.82, 2.24) is 10.2 Å². The molecule has 48 heavy (non-hydrogen) atoms. The van der Waals surface area contributed by atoms with Crippen LogP contribution in [-0.2, 0) is 32.6 Å². The van der Waals surface area contributed by atoms with E-state index in [9.17, 15) is 18.0 Å². The second kappa shape index (κ2) is 17.0. The molecule has 2 amide bonds. The molecule has 0 fully saturated rings. The lowest BCUT2D eigenvalue weighted by Gasteiger charge is -2.34. The van der Waals surface area contributed by atoms with Crippen molar-refractivity contribution in [1.29, 1.82) is 0 Å². The van der Waals surface area contributed by atoms with Crippen molar-refractivity contribution in [2.45, 2.75) is 50.6 Å². The Morgan fingerprint density at radius 3 is 2.23 bits per heavy atom. The fourth-order valence-corrected chi connectivity index (χ4v) is 6.86. The van der Waals surface area contributed by atoms with E-state index in [1.165, 1.54) is 37.3 Å². The smallest absolute Gasteiger partial charge is 0.264 e. The van der Waals surface area contributed by atoms with Crippen molar-refractivity contribution in [2.75, 3.05) is 31.6 Å². The molecule has 0 aliphatic carbocycles. The summed E-state index contributed by atoms with van der Waals surface area (Å²) >= 11 is 6.33. The first-order valence-electron chi connectivity index (χ1n) is 15.7. The van der Waals surface area contributed by atoms with Crippen LogP contribution in [0.5, 0.6) is 11.5 Å².